The van der Waals surface area contributed by atoms with E-state index >= 15 is 0 Å². The van der Waals surface area contributed by atoms with Gasteiger partial charge in [0.05, 0.1) is 0 Å². The minimum Gasteiger partial charge on any atom is -0.311 e. The Balaban J connectivity index is 1.03. The van der Waals surface area contributed by atoms with Crippen LogP contribution in [-0.4, -0.2) is 0 Å². The molecule has 0 aliphatic carbocycles. The lowest BCUT2D eigenvalue weighted by Gasteiger charge is -2.25. The third-order valence-electron chi connectivity index (χ3n) is 8.29. The van der Waals surface area contributed by atoms with Gasteiger partial charge in [-0.25, -0.2) is 0 Å². The van der Waals surface area contributed by atoms with Gasteiger partial charge in [-0.15, -0.1) is 0 Å². The maximum atomic E-state index is 2.30. The Morgan fingerprint density at radius 3 is 0.652 bits per heavy atom. The minimum absolute atomic E-state index is 0.904. The van der Waals surface area contributed by atoms with Crippen LogP contribution in [0, 0.1) is 0 Å². The maximum absolute atomic E-state index is 2.30. The molecule has 2 heteroatoms. The second-order valence-electron chi connectivity index (χ2n) is 11.5. The molecule has 7 rings (SSSR count). The summed E-state index contributed by atoms with van der Waals surface area (Å²) in [5.74, 6) is 0. The average molecular weight is 593 g/mol. The normalized spacial score (nSPS) is 10.8. The molecule has 222 valence electrons. The first-order chi connectivity index (χ1) is 22.8. The quantitative estimate of drug-likeness (QED) is 0.156. The van der Waals surface area contributed by atoms with E-state index in [1.807, 2.05) is 0 Å². The van der Waals surface area contributed by atoms with Crippen LogP contribution in [0.2, 0.25) is 0 Å². The molecule has 0 saturated heterocycles. The Morgan fingerprint density at radius 2 is 0.413 bits per heavy atom. The van der Waals surface area contributed by atoms with Gasteiger partial charge in [0.15, 0.2) is 0 Å². The fraction of sp³-hybridized carbons (Fsp3) is 0.0455. The highest BCUT2D eigenvalue weighted by Crippen LogP contribution is 2.35. The van der Waals surface area contributed by atoms with Gasteiger partial charge in [-0.3, -0.25) is 0 Å². The van der Waals surface area contributed by atoms with E-state index < -0.39 is 0 Å². The Morgan fingerprint density at radius 1 is 0.217 bits per heavy atom. The summed E-state index contributed by atoms with van der Waals surface area (Å²) in [4.78, 5) is 4.60. The molecule has 0 amide bonds. The van der Waals surface area contributed by atoms with Crippen molar-refractivity contribution in [2.45, 2.75) is 12.8 Å². The van der Waals surface area contributed by atoms with E-state index in [2.05, 4.69) is 204 Å². The van der Waals surface area contributed by atoms with Gasteiger partial charge in [0.25, 0.3) is 0 Å². The van der Waals surface area contributed by atoms with E-state index in [0.717, 1.165) is 47.0 Å². The zero-order chi connectivity index (χ0) is 31.0. The number of benzene rings is 7. The predicted molar refractivity (Wildman–Crippen MR) is 194 cm³/mol. The summed E-state index contributed by atoms with van der Waals surface area (Å²) < 4.78 is 0. The second kappa shape index (κ2) is 13.8. The van der Waals surface area contributed by atoms with Crippen molar-refractivity contribution in [1.82, 2.24) is 0 Å². The van der Waals surface area contributed by atoms with Crippen LogP contribution in [0.25, 0.3) is 0 Å². The van der Waals surface area contributed by atoms with Crippen LogP contribution in [-0.2, 0) is 12.8 Å². The lowest BCUT2D eigenvalue weighted by atomic mass is 10.00. The summed E-state index contributed by atoms with van der Waals surface area (Å²) in [5, 5.41) is 0. The van der Waals surface area contributed by atoms with Gasteiger partial charge in [0, 0.05) is 34.1 Å². The third-order valence-corrected chi connectivity index (χ3v) is 8.29. The molecule has 0 atom stereocenters. The highest BCUT2D eigenvalue weighted by Gasteiger charge is 2.13. The number of para-hydroxylation sites is 4. The summed E-state index contributed by atoms with van der Waals surface area (Å²) >= 11 is 0. The molecule has 2 nitrogen and oxygen atoms in total. The molecule has 0 heterocycles. The Hall–Kier alpha value is -5.86. The molecule has 46 heavy (non-hydrogen) atoms. The summed E-state index contributed by atoms with van der Waals surface area (Å²) in [6.45, 7) is 0. The molecule has 7 aromatic carbocycles. The lowest BCUT2D eigenvalue weighted by molar-refractivity contribution is 1.15. The maximum Gasteiger partial charge on any atom is 0.0461 e. The number of hydrogen-bond acceptors (Lipinski definition) is 2. The van der Waals surface area contributed by atoms with Gasteiger partial charge in [0.1, 0.15) is 0 Å². The predicted octanol–water partition coefficient (Wildman–Crippen LogP) is 11.8. The molecule has 0 bridgehead atoms. The van der Waals surface area contributed by atoms with Gasteiger partial charge < -0.3 is 9.80 Å². The zero-order valence-electron chi connectivity index (χ0n) is 25.8. The van der Waals surface area contributed by atoms with Gasteiger partial charge in [-0.2, -0.15) is 0 Å². The molecular weight excluding hydrogens is 556 g/mol. The first kappa shape index (κ1) is 28.9. The molecule has 0 saturated carbocycles. The molecule has 0 unspecified atom stereocenters. The van der Waals surface area contributed by atoms with E-state index in [-0.39, 0.29) is 0 Å². The van der Waals surface area contributed by atoms with Gasteiger partial charge in [0.2, 0.25) is 0 Å². The van der Waals surface area contributed by atoms with Crippen molar-refractivity contribution in [3.8, 4) is 0 Å². The summed E-state index contributed by atoms with van der Waals surface area (Å²) in [6, 6.07) is 69.1. The highest BCUT2D eigenvalue weighted by atomic mass is 15.1. The standard InChI is InChI=1S/C44H36N2/c1-5-13-39(14-6-1)45(40-15-7-2-8-16-40)43-29-25-37(26-30-43)33-35-21-23-36(24-22-35)34-38-27-31-44(32-28-38)46(41-17-9-3-10-18-41)42-19-11-4-12-20-42/h1-32H,33-34H2. The highest BCUT2D eigenvalue weighted by molar-refractivity contribution is 5.77. The fourth-order valence-corrected chi connectivity index (χ4v) is 5.97. The van der Waals surface area contributed by atoms with Gasteiger partial charge >= 0.3 is 0 Å². The first-order valence-corrected chi connectivity index (χ1v) is 15.9. The topological polar surface area (TPSA) is 6.48 Å². The average Bonchev–Trinajstić information content (AvgIpc) is 3.13. The molecule has 0 N–H and O–H groups in total. The molecule has 7 aromatic rings. The number of rotatable bonds is 10. The van der Waals surface area contributed by atoms with Crippen LogP contribution >= 0.6 is 0 Å². The van der Waals surface area contributed by atoms with Crippen LogP contribution in [0.1, 0.15) is 22.3 Å². The zero-order valence-corrected chi connectivity index (χ0v) is 25.8. The molecule has 0 aliphatic rings. The van der Waals surface area contributed by atoms with Crippen molar-refractivity contribution < 1.29 is 0 Å². The van der Waals surface area contributed by atoms with Crippen molar-refractivity contribution in [3.63, 3.8) is 0 Å². The number of anilines is 6. The van der Waals surface area contributed by atoms with E-state index in [1.165, 1.54) is 22.3 Å². The van der Waals surface area contributed by atoms with Gasteiger partial charge in [-0.1, -0.05) is 121 Å². The van der Waals surface area contributed by atoms with Crippen molar-refractivity contribution >= 4 is 34.1 Å². The van der Waals surface area contributed by atoms with Crippen LogP contribution in [0.3, 0.4) is 0 Å². The smallest absolute Gasteiger partial charge is 0.0461 e. The fourth-order valence-electron chi connectivity index (χ4n) is 5.97. The molecule has 0 spiro atoms. The largest absolute Gasteiger partial charge is 0.311 e. The molecule has 0 fully saturated rings. The SMILES string of the molecule is c1ccc(N(c2ccccc2)c2ccc(Cc3ccc(Cc4ccc(N(c5ccccc5)c5ccccc5)cc4)cc3)cc2)cc1. The van der Waals surface area contributed by atoms with Crippen molar-refractivity contribution in [3.05, 3.63) is 216 Å². The second-order valence-corrected chi connectivity index (χ2v) is 11.5. The van der Waals surface area contributed by atoms with Crippen LogP contribution in [0.5, 0.6) is 0 Å². The first-order valence-electron chi connectivity index (χ1n) is 15.9. The van der Waals surface area contributed by atoms with Crippen LogP contribution in [0.4, 0.5) is 34.1 Å². The summed E-state index contributed by atoms with van der Waals surface area (Å²) in [5.41, 5.74) is 12.1. The Labute approximate surface area is 272 Å². The minimum atomic E-state index is 0.904. The molecule has 0 aliphatic heterocycles. The van der Waals surface area contributed by atoms with E-state index in [1.54, 1.807) is 0 Å². The van der Waals surface area contributed by atoms with Crippen molar-refractivity contribution in [1.29, 1.82) is 0 Å². The third kappa shape index (κ3) is 6.77. The molecule has 0 aromatic heterocycles. The molecular formula is C44H36N2. The number of nitrogens with zero attached hydrogens (tertiary/aromatic N) is 2. The van der Waals surface area contributed by atoms with Crippen LogP contribution in [0.15, 0.2) is 194 Å². The number of hydrogen-bond donors (Lipinski definition) is 0. The Bertz CT molecular complexity index is 1710. The summed E-state index contributed by atoms with van der Waals surface area (Å²) in [6.07, 6.45) is 1.81. The Kier molecular flexibility index (Phi) is 8.69. The van der Waals surface area contributed by atoms with E-state index in [4.69, 9.17) is 0 Å². The lowest BCUT2D eigenvalue weighted by Crippen LogP contribution is -2.09. The van der Waals surface area contributed by atoms with E-state index in [9.17, 15) is 0 Å². The summed E-state index contributed by atoms with van der Waals surface area (Å²) in [7, 11) is 0. The van der Waals surface area contributed by atoms with Crippen molar-refractivity contribution in [2.75, 3.05) is 9.80 Å². The monoisotopic (exact) mass is 592 g/mol. The molecule has 0 radical (unpaired) electrons. The van der Waals surface area contributed by atoms with E-state index in [0.29, 0.717) is 0 Å². The van der Waals surface area contributed by atoms with Crippen LogP contribution < -0.4 is 9.80 Å². The van der Waals surface area contributed by atoms with Crippen molar-refractivity contribution in [2.24, 2.45) is 0 Å². The van der Waals surface area contributed by atoms with Gasteiger partial charge in [-0.05, 0) is 108 Å².